The SMILES string of the molecule is O=CC1=CC[C@H](c2ccco2)[C@@]2(SC(=O)NC2=O)[C@H]1c1ccco1. The van der Waals surface area contributed by atoms with E-state index in [1.165, 1.54) is 12.5 Å². The summed E-state index contributed by atoms with van der Waals surface area (Å²) in [5.74, 6) is -0.395. The average Bonchev–Trinajstić information content (AvgIpc) is 3.30. The van der Waals surface area contributed by atoms with E-state index in [2.05, 4.69) is 5.32 Å². The van der Waals surface area contributed by atoms with Crippen LogP contribution in [0.1, 0.15) is 29.8 Å². The molecule has 0 radical (unpaired) electrons. The minimum Gasteiger partial charge on any atom is -0.469 e. The van der Waals surface area contributed by atoms with Gasteiger partial charge in [0.2, 0.25) is 5.91 Å². The third kappa shape index (κ3) is 2.01. The molecule has 1 aliphatic carbocycles. The Hall–Kier alpha value is -2.54. The molecular formula is C17H13NO5S. The Morgan fingerprint density at radius 1 is 1.17 bits per heavy atom. The molecule has 2 amide bonds. The highest BCUT2D eigenvalue weighted by molar-refractivity contribution is 8.16. The van der Waals surface area contributed by atoms with E-state index in [1.54, 1.807) is 30.3 Å². The maximum Gasteiger partial charge on any atom is 0.286 e. The van der Waals surface area contributed by atoms with Gasteiger partial charge >= 0.3 is 0 Å². The van der Waals surface area contributed by atoms with Crippen molar-refractivity contribution in [3.05, 3.63) is 60.0 Å². The summed E-state index contributed by atoms with van der Waals surface area (Å²) in [4.78, 5) is 36.5. The van der Waals surface area contributed by atoms with Crippen LogP contribution in [0.15, 0.2) is 57.3 Å². The zero-order valence-electron chi connectivity index (χ0n) is 12.4. The lowest BCUT2D eigenvalue weighted by molar-refractivity contribution is -0.123. The van der Waals surface area contributed by atoms with Gasteiger partial charge in [-0.05, 0) is 42.4 Å². The molecule has 7 heteroatoms. The number of allylic oxidation sites excluding steroid dienone is 2. The number of carbonyl (C=O) groups excluding carboxylic acids is 3. The normalized spacial score (nSPS) is 29.6. The summed E-state index contributed by atoms with van der Waals surface area (Å²) in [5, 5.41) is 1.93. The van der Waals surface area contributed by atoms with Crippen LogP contribution in [0.3, 0.4) is 0 Å². The smallest absolute Gasteiger partial charge is 0.286 e. The molecule has 0 saturated carbocycles. The number of amides is 2. The maximum atomic E-state index is 12.9. The Morgan fingerprint density at radius 2 is 1.88 bits per heavy atom. The Bertz CT molecular complexity index is 823. The Labute approximate surface area is 141 Å². The van der Waals surface area contributed by atoms with Crippen molar-refractivity contribution in [2.24, 2.45) is 0 Å². The Morgan fingerprint density at radius 3 is 2.42 bits per heavy atom. The lowest BCUT2D eigenvalue weighted by Gasteiger charge is -2.40. The van der Waals surface area contributed by atoms with Crippen molar-refractivity contribution in [3.63, 3.8) is 0 Å². The monoisotopic (exact) mass is 343 g/mol. The second kappa shape index (κ2) is 5.52. The van der Waals surface area contributed by atoms with Crippen molar-refractivity contribution < 1.29 is 23.2 Å². The summed E-state index contributed by atoms with van der Waals surface area (Å²) in [6, 6.07) is 6.93. The first-order valence-corrected chi connectivity index (χ1v) is 8.25. The van der Waals surface area contributed by atoms with Crippen molar-refractivity contribution in [1.82, 2.24) is 5.32 Å². The highest BCUT2D eigenvalue weighted by atomic mass is 32.2. The van der Waals surface area contributed by atoms with E-state index < -0.39 is 21.8 Å². The first kappa shape index (κ1) is 15.0. The molecule has 2 aromatic heterocycles. The van der Waals surface area contributed by atoms with Crippen molar-refractivity contribution in [2.75, 3.05) is 0 Å². The molecule has 0 bridgehead atoms. The van der Waals surface area contributed by atoms with Gasteiger partial charge in [-0.2, -0.15) is 0 Å². The fourth-order valence-corrected chi connectivity index (χ4v) is 4.91. The van der Waals surface area contributed by atoms with E-state index >= 15 is 0 Å². The molecule has 1 fully saturated rings. The molecule has 122 valence electrons. The van der Waals surface area contributed by atoms with Crippen LogP contribution in [-0.2, 0) is 9.59 Å². The lowest BCUT2D eigenvalue weighted by atomic mass is 9.68. The minimum atomic E-state index is -1.21. The van der Waals surface area contributed by atoms with Gasteiger partial charge in [0, 0.05) is 11.5 Å². The second-order valence-electron chi connectivity index (χ2n) is 5.71. The molecule has 1 saturated heterocycles. The molecular weight excluding hydrogens is 330 g/mol. The Balaban J connectivity index is 1.95. The third-order valence-electron chi connectivity index (χ3n) is 4.55. The highest BCUT2D eigenvalue weighted by Gasteiger charge is 2.62. The number of imide groups is 1. The van der Waals surface area contributed by atoms with Crippen molar-refractivity contribution in [3.8, 4) is 0 Å². The number of aldehydes is 1. The van der Waals surface area contributed by atoms with Gasteiger partial charge in [0.1, 0.15) is 22.6 Å². The van der Waals surface area contributed by atoms with E-state index in [9.17, 15) is 14.4 Å². The van der Waals surface area contributed by atoms with Gasteiger partial charge in [-0.25, -0.2) is 0 Å². The number of nitrogens with one attached hydrogen (secondary N) is 1. The summed E-state index contributed by atoms with van der Waals surface area (Å²) < 4.78 is 9.82. The van der Waals surface area contributed by atoms with Gasteiger partial charge in [0.25, 0.3) is 5.24 Å². The number of hydrogen-bond acceptors (Lipinski definition) is 6. The summed E-state index contributed by atoms with van der Waals surface area (Å²) in [7, 11) is 0. The van der Waals surface area contributed by atoms with E-state index in [-0.39, 0.29) is 5.92 Å². The molecule has 0 unspecified atom stereocenters. The van der Waals surface area contributed by atoms with Gasteiger partial charge in [-0.15, -0.1) is 0 Å². The van der Waals surface area contributed by atoms with Crippen LogP contribution in [0, 0.1) is 0 Å². The topological polar surface area (TPSA) is 89.5 Å². The summed E-state index contributed by atoms with van der Waals surface area (Å²) in [5.41, 5.74) is 0.435. The molecule has 6 nitrogen and oxygen atoms in total. The minimum absolute atomic E-state index is 0.386. The van der Waals surface area contributed by atoms with Crippen LogP contribution in [0.4, 0.5) is 4.79 Å². The van der Waals surface area contributed by atoms with Crippen LogP contribution in [-0.4, -0.2) is 22.2 Å². The zero-order valence-corrected chi connectivity index (χ0v) is 13.2. The van der Waals surface area contributed by atoms with Crippen LogP contribution >= 0.6 is 11.8 Å². The van der Waals surface area contributed by atoms with E-state index in [0.29, 0.717) is 23.5 Å². The molecule has 3 heterocycles. The molecule has 2 aromatic rings. The van der Waals surface area contributed by atoms with E-state index in [4.69, 9.17) is 8.83 Å². The summed E-state index contributed by atoms with van der Waals surface area (Å²) >= 11 is 0.909. The lowest BCUT2D eigenvalue weighted by Crippen LogP contribution is -2.49. The summed E-state index contributed by atoms with van der Waals surface area (Å²) in [6.45, 7) is 0. The molecule has 2 aliphatic rings. The van der Waals surface area contributed by atoms with Gasteiger partial charge in [-0.1, -0.05) is 6.08 Å². The molecule has 3 atom stereocenters. The average molecular weight is 343 g/mol. The predicted octanol–water partition coefficient (Wildman–Crippen LogP) is 2.99. The number of furan rings is 2. The van der Waals surface area contributed by atoms with Gasteiger partial charge in [0.05, 0.1) is 18.4 Å². The quantitative estimate of drug-likeness (QED) is 0.862. The van der Waals surface area contributed by atoms with Crippen molar-refractivity contribution >= 4 is 29.2 Å². The number of hydrogen-bond donors (Lipinski definition) is 1. The molecule has 0 aromatic carbocycles. The van der Waals surface area contributed by atoms with Crippen molar-refractivity contribution in [2.45, 2.75) is 23.0 Å². The van der Waals surface area contributed by atoms with Gasteiger partial charge < -0.3 is 8.83 Å². The van der Waals surface area contributed by atoms with Crippen molar-refractivity contribution in [1.29, 1.82) is 0 Å². The number of thioether (sulfide) groups is 1. The second-order valence-corrected chi connectivity index (χ2v) is 6.96. The molecule has 1 spiro atoms. The van der Waals surface area contributed by atoms with Crippen LogP contribution in [0.5, 0.6) is 0 Å². The number of carbonyl (C=O) groups is 3. The first-order chi connectivity index (χ1) is 11.7. The van der Waals surface area contributed by atoms with Gasteiger partial charge in [-0.3, -0.25) is 19.7 Å². The van der Waals surface area contributed by atoms with Crippen LogP contribution in [0.2, 0.25) is 0 Å². The first-order valence-electron chi connectivity index (χ1n) is 7.43. The standard InChI is InChI=1S/C17H13NO5S/c19-9-10-5-6-11(12-3-1-7-22-12)17(15(20)18-16(21)24-17)14(10)13-4-2-8-23-13/h1-5,7-9,11,14H,6H2,(H,18,20,21)/t11-,14-,17-/m1/s1. The van der Waals surface area contributed by atoms with Crippen LogP contribution in [0.25, 0.3) is 0 Å². The fourth-order valence-electron chi connectivity index (χ4n) is 3.59. The maximum absolute atomic E-state index is 12.9. The van der Waals surface area contributed by atoms with E-state index in [1.807, 2.05) is 0 Å². The zero-order chi connectivity index (χ0) is 16.7. The molecule has 1 aliphatic heterocycles. The third-order valence-corrected chi connectivity index (χ3v) is 5.88. The highest BCUT2D eigenvalue weighted by Crippen LogP contribution is 2.58. The van der Waals surface area contributed by atoms with Crippen LogP contribution < -0.4 is 5.32 Å². The summed E-state index contributed by atoms with van der Waals surface area (Å²) in [6.07, 6.45) is 5.95. The largest absolute Gasteiger partial charge is 0.469 e. The van der Waals surface area contributed by atoms with E-state index in [0.717, 1.165) is 18.0 Å². The van der Waals surface area contributed by atoms with Gasteiger partial charge in [0.15, 0.2) is 0 Å². The number of rotatable bonds is 3. The Kier molecular flexibility index (Phi) is 3.45. The predicted molar refractivity (Wildman–Crippen MR) is 85.5 cm³/mol. The fraction of sp³-hybridized carbons (Fsp3) is 0.235. The molecule has 24 heavy (non-hydrogen) atoms. The molecule has 1 N–H and O–H groups in total. The molecule has 4 rings (SSSR count).